The predicted octanol–water partition coefficient (Wildman–Crippen LogP) is 5.89. The number of carbonyl (C=O) groups is 1. The molecule has 5 nitrogen and oxygen atoms in total. The van der Waals surface area contributed by atoms with E-state index in [1.807, 2.05) is 32.0 Å². The molecule has 0 atom stereocenters. The second kappa shape index (κ2) is 9.22. The van der Waals surface area contributed by atoms with Gasteiger partial charge < -0.3 is 9.88 Å². The largest absolute Gasteiger partial charge is 0.418 e. The quantitative estimate of drug-likeness (QED) is 0.359. The van der Waals surface area contributed by atoms with Gasteiger partial charge in [0.25, 0.3) is 0 Å². The zero-order chi connectivity index (χ0) is 25.4. The Kier molecular flexibility index (Phi) is 6.46. The summed E-state index contributed by atoms with van der Waals surface area (Å²) in [7, 11) is -3.78. The highest BCUT2D eigenvalue weighted by molar-refractivity contribution is 7.90. The van der Waals surface area contributed by atoms with Gasteiger partial charge in [-0.3, -0.25) is 4.79 Å². The van der Waals surface area contributed by atoms with Crippen molar-refractivity contribution in [1.29, 1.82) is 0 Å². The average molecular weight is 501 g/mol. The second-order valence-electron chi connectivity index (χ2n) is 8.42. The summed E-state index contributed by atoms with van der Waals surface area (Å²) < 4.78 is 68.0. The van der Waals surface area contributed by atoms with Crippen LogP contribution >= 0.6 is 0 Å². The summed E-state index contributed by atoms with van der Waals surface area (Å²) in [5, 5.41) is 2.75. The molecule has 0 aliphatic carbocycles. The van der Waals surface area contributed by atoms with Crippen LogP contribution in [0.4, 0.5) is 18.9 Å². The molecule has 4 rings (SSSR count). The van der Waals surface area contributed by atoms with Gasteiger partial charge in [0, 0.05) is 17.1 Å². The molecule has 0 radical (unpaired) electrons. The number of halogens is 3. The summed E-state index contributed by atoms with van der Waals surface area (Å²) >= 11 is 0. The van der Waals surface area contributed by atoms with Crippen LogP contribution in [0.5, 0.6) is 0 Å². The van der Waals surface area contributed by atoms with Gasteiger partial charge >= 0.3 is 6.18 Å². The Balaban J connectivity index is 1.66. The number of benzene rings is 3. The summed E-state index contributed by atoms with van der Waals surface area (Å²) in [5.74, 6) is -0.916. The molecule has 9 heteroatoms. The average Bonchev–Trinajstić information content (AvgIpc) is 3.15. The number of aromatic nitrogens is 1. The van der Waals surface area contributed by atoms with Gasteiger partial charge in [-0.2, -0.15) is 13.2 Å². The maximum atomic E-state index is 13.4. The van der Waals surface area contributed by atoms with Crippen LogP contribution in [0.25, 0.3) is 10.9 Å². The first kappa shape index (κ1) is 24.5. The van der Waals surface area contributed by atoms with Crippen molar-refractivity contribution >= 4 is 32.3 Å². The van der Waals surface area contributed by atoms with Crippen molar-refractivity contribution in [3.63, 3.8) is 0 Å². The number of amides is 1. The number of alkyl halides is 3. The van der Waals surface area contributed by atoms with E-state index in [1.165, 1.54) is 29.0 Å². The van der Waals surface area contributed by atoms with E-state index in [-0.39, 0.29) is 22.9 Å². The van der Waals surface area contributed by atoms with E-state index < -0.39 is 27.5 Å². The van der Waals surface area contributed by atoms with Crippen LogP contribution in [0.2, 0.25) is 0 Å². The highest BCUT2D eigenvalue weighted by Gasteiger charge is 2.33. The Morgan fingerprint density at radius 2 is 1.66 bits per heavy atom. The molecule has 1 amide bonds. The number of hydrogen-bond acceptors (Lipinski definition) is 3. The third kappa shape index (κ3) is 5.24. The van der Waals surface area contributed by atoms with Crippen molar-refractivity contribution < 1.29 is 26.4 Å². The first-order chi connectivity index (χ1) is 16.5. The Labute approximate surface area is 201 Å². The van der Waals surface area contributed by atoms with Crippen molar-refractivity contribution in [1.82, 2.24) is 4.57 Å². The number of rotatable bonds is 6. The first-order valence-corrected chi connectivity index (χ1v) is 12.4. The van der Waals surface area contributed by atoms with E-state index in [4.69, 9.17) is 0 Å². The number of aryl methyl sites for hydroxylation is 2. The Morgan fingerprint density at radius 3 is 2.40 bits per heavy atom. The molecule has 182 valence electrons. The van der Waals surface area contributed by atoms with E-state index in [0.29, 0.717) is 16.5 Å². The monoisotopic (exact) mass is 500 g/mol. The maximum Gasteiger partial charge on any atom is 0.418 e. The van der Waals surface area contributed by atoms with Crippen LogP contribution in [-0.4, -0.2) is 18.9 Å². The van der Waals surface area contributed by atoms with Gasteiger partial charge in [0.2, 0.25) is 5.91 Å². The summed E-state index contributed by atoms with van der Waals surface area (Å²) in [6.45, 7) is 3.37. The van der Waals surface area contributed by atoms with Gasteiger partial charge in [-0.15, -0.1) is 0 Å². The van der Waals surface area contributed by atoms with Crippen molar-refractivity contribution in [2.24, 2.45) is 0 Å². The molecule has 0 aliphatic heterocycles. The zero-order valence-corrected chi connectivity index (χ0v) is 19.9. The number of nitrogens with zero attached hydrogens (tertiary/aromatic N) is 1. The van der Waals surface area contributed by atoms with Gasteiger partial charge in [0.1, 0.15) is 6.54 Å². The smallest absolute Gasteiger partial charge is 0.337 e. The van der Waals surface area contributed by atoms with Crippen LogP contribution in [0, 0.1) is 13.8 Å². The maximum absolute atomic E-state index is 13.4. The highest BCUT2D eigenvalue weighted by Crippen LogP contribution is 2.35. The molecular formula is C26H23F3N2O3S. The molecule has 0 saturated carbocycles. The summed E-state index contributed by atoms with van der Waals surface area (Å²) in [6.07, 6.45) is -3.25. The third-order valence-corrected chi connectivity index (χ3v) is 7.44. The minimum Gasteiger partial charge on any atom is -0.337 e. The van der Waals surface area contributed by atoms with Crippen molar-refractivity contribution in [3.8, 4) is 0 Å². The van der Waals surface area contributed by atoms with Crippen molar-refractivity contribution in [3.05, 3.63) is 95.2 Å². The molecule has 1 aromatic heterocycles. The molecule has 1 N–H and O–H groups in total. The summed E-state index contributed by atoms with van der Waals surface area (Å²) in [4.78, 5) is 12.8. The van der Waals surface area contributed by atoms with E-state index in [2.05, 4.69) is 5.32 Å². The summed E-state index contributed by atoms with van der Waals surface area (Å²) in [5.41, 5.74) is 1.66. The van der Waals surface area contributed by atoms with Gasteiger partial charge in [-0.25, -0.2) is 8.42 Å². The lowest BCUT2D eigenvalue weighted by Gasteiger charge is -2.14. The lowest BCUT2D eigenvalue weighted by Crippen LogP contribution is -2.20. The molecule has 0 bridgehead atoms. The van der Waals surface area contributed by atoms with E-state index in [9.17, 15) is 26.4 Å². The van der Waals surface area contributed by atoms with E-state index in [0.717, 1.165) is 17.2 Å². The number of nitrogens with one attached hydrogen (secondary N) is 1. The molecule has 0 fully saturated rings. The van der Waals surface area contributed by atoms with E-state index in [1.54, 1.807) is 24.3 Å². The number of para-hydroxylation sites is 2. The minimum atomic E-state index is -4.63. The molecule has 0 unspecified atom stereocenters. The van der Waals surface area contributed by atoms with Crippen LogP contribution < -0.4 is 5.32 Å². The zero-order valence-electron chi connectivity index (χ0n) is 19.1. The van der Waals surface area contributed by atoms with Crippen molar-refractivity contribution in [2.45, 2.75) is 37.2 Å². The minimum absolute atomic E-state index is 0.0671. The molecule has 3 aromatic carbocycles. The Morgan fingerprint density at radius 1 is 0.971 bits per heavy atom. The molecule has 1 heterocycles. The first-order valence-electron chi connectivity index (χ1n) is 10.8. The lowest BCUT2D eigenvalue weighted by molar-refractivity contribution is -0.137. The van der Waals surface area contributed by atoms with Crippen LogP contribution in [0.15, 0.2) is 77.8 Å². The molecule has 4 aromatic rings. The molecule has 35 heavy (non-hydrogen) atoms. The molecular weight excluding hydrogens is 477 g/mol. The predicted molar refractivity (Wildman–Crippen MR) is 129 cm³/mol. The molecule has 0 aliphatic rings. The van der Waals surface area contributed by atoms with Crippen molar-refractivity contribution in [2.75, 3.05) is 5.32 Å². The fourth-order valence-corrected chi connectivity index (χ4v) is 5.69. The number of carbonyl (C=O) groups excluding carboxylic acids is 1. The second-order valence-corrected chi connectivity index (χ2v) is 10.4. The fraction of sp³-hybridized carbons (Fsp3) is 0.192. The topological polar surface area (TPSA) is 68.2 Å². The van der Waals surface area contributed by atoms with Crippen LogP contribution in [0.3, 0.4) is 0 Å². The van der Waals surface area contributed by atoms with Gasteiger partial charge in [0.05, 0.1) is 21.9 Å². The summed E-state index contributed by atoms with van der Waals surface area (Å²) in [6, 6.07) is 17.0. The third-order valence-electron chi connectivity index (χ3n) is 5.76. The van der Waals surface area contributed by atoms with Gasteiger partial charge in [-0.1, -0.05) is 54.1 Å². The lowest BCUT2D eigenvalue weighted by atomic mass is 10.1. The van der Waals surface area contributed by atoms with E-state index >= 15 is 0 Å². The Bertz CT molecular complexity index is 1520. The van der Waals surface area contributed by atoms with Gasteiger partial charge in [0.15, 0.2) is 9.84 Å². The fourth-order valence-electron chi connectivity index (χ4n) is 4.01. The van der Waals surface area contributed by atoms with Crippen LogP contribution in [-0.2, 0) is 33.1 Å². The SMILES string of the molecule is Cc1ccc(C)c(CS(=O)(=O)c2cn(CC(=O)Nc3ccccc3C(F)(F)F)c3ccccc23)c1. The molecule has 0 spiro atoms. The number of hydrogen-bond donors (Lipinski definition) is 1. The van der Waals surface area contributed by atoms with Crippen LogP contribution in [0.1, 0.15) is 22.3 Å². The molecule has 0 saturated heterocycles. The number of fused-ring (bicyclic) bond motifs is 1. The Hall–Kier alpha value is -3.59. The number of sulfone groups is 1. The highest BCUT2D eigenvalue weighted by atomic mass is 32.2. The van der Waals surface area contributed by atoms with Gasteiger partial charge in [-0.05, 0) is 43.2 Å². The number of anilines is 1. The standard InChI is InChI=1S/C26H23F3N2O3S/c1-17-11-12-18(2)19(13-17)16-35(33,34)24-14-31(23-10-6-3-7-20(23)24)15-25(32)30-22-9-5-4-8-21(22)26(27,28)29/h3-14H,15-16H2,1-2H3,(H,30,32). The normalized spacial score (nSPS) is 12.1.